The van der Waals surface area contributed by atoms with Gasteiger partial charge in [0.1, 0.15) is 11.4 Å². The van der Waals surface area contributed by atoms with Gasteiger partial charge in [-0.15, -0.1) is 0 Å². The largest absolute Gasteiger partial charge is 0.487 e. The van der Waals surface area contributed by atoms with Crippen LogP contribution in [0.1, 0.15) is 26.5 Å². The van der Waals surface area contributed by atoms with E-state index in [1.54, 1.807) is 12.3 Å². The van der Waals surface area contributed by atoms with Crippen molar-refractivity contribution in [2.24, 2.45) is 0 Å². The van der Waals surface area contributed by atoms with Gasteiger partial charge >= 0.3 is 0 Å². The average molecular weight is 177 g/mol. The summed E-state index contributed by atoms with van der Waals surface area (Å²) in [6.45, 7) is 9.66. The number of rotatable bonds is 2. The van der Waals surface area contributed by atoms with E-state index in [2.05, 4.69) is 11.6 Å². The maximum Gasteiger partial charge on any atom is 0.138 e. The summed E-state index contributed by atoms with van der Waals surface area (Å²) in [5, 5.41) is 0. The Kier molecular flexibility index (Phi) is 2.71. The third-order valence-electron chi connectivity index (χ3n) is 1.39. The van der Waals surface area contributed by atoms with Crippen LogP contribution in [0.2, 0.25) is 0 Å². The van der Waals surface area contributed by atoms with Gasteiger partial charge in [0.05, 0.1) is 11.9 Å². The van der Waals surface area contributed by atoms with Crippen LogP contribution in [0.25, 0.3) is 6.08 Å². The monoisotopic (exact) mass is 177 g/mol. The third-order valence-corrected chi connectivity index (χ3v) is 1.39. The van der Waals surface area contributed by atoms with E-state index >= 15 is 0 Å². The molecule has 1 rings (SSSR count). The summed E-state index contributed by atoms with van der Waals surface area (Å²) in [5.41, 5.74) is 0.693. The van der Waals surface area contributed by atoms with Gasteiger partial charge < -0.3 is 4.74 Å². The summed E-state index contributed by atoms with van der Waals surface area (Å²) in [6, 6.07) is 3.78. The van der Waals surface area contributed by atoms with E-state index in [1.165, 1.54) is 0 Å². The van der Waals surface area contributed by atoms with Crippen molar-refractivity contribution >= 4 is 6.08 Å². The number of hydrogen-bond acceptors (Lipinski definition) is 2. The molecular formula is C11H15NO. The van der Waals surface area contributed by atoms with Gasteiger partial charge in [-0.05, 0) is 39.0 Å². The summed E-state index contributed by atoms with van der Waals surface area (Å²) >= 11 is 0. The standard InChI is InChI=1S/C11H15NO/c1-5-9-6-7-10(8-12-9)13-11(2,3)4/h5-8H,1H2,2-4H3. The van der Waals surface area contributed by atoms with E-state index in [1.807, 2.05) is 32.9 Å². The smallest absolute Gasteiger partial charge is 0.138 e. The Morgan fingerprint density at radius 1 is 1.38 bits per heavy atom. The maximum absolute atomic E-state index is 5.60. The van der Waals surface area contributed by atoms with Crippen molar-refractivity contribution in [1.29, 1.82) is 0 Å². The van der Waals surface area contributed by atoms with Gasteiger partial charge in [-0.1, -0.05) is 6.58 Å². The first-order chi connectivity index (χ1) is 6.01. The molecule has 0 aliphatic heterocycles. The Bertz CT molecular complexity index is 282. The Morgan fingerprint density at radius 3 is 2.46 bits per heavy atom. The van der Waals surface area contributed by atoms with E-state index in [4.69, 9.17) is 4.74 Å². The molecule has 0 amide bonds. The second-order valence-electron chi connectivity index (χ2n) is 3.84. The molecule has 0 radical (unpaired) electrons. The van der Waals surface area contributed by atoms with E-state index < -0.39 is 0 Å². The lowest BCUT2D eigenvalue weighted by Gasteiger charge is -2.20. The Morgan fingerprint density at radius 2 is 2.08 bits per heavy atom. The Hall–Kier alpha value is -1.31. The van der Waals surface area contributed by atoms with Crippen LogP contribution < -0.4 is 4.74 Å². The van der Waals surface area contributed by atoms with E-state index in [0.29, 0.717) is 0 Å². The first-order valence-electron chi connectivity index (χ1n) is 4.29. The van der Waals surface area contributed by atoms with Crippen molar-refractivity contribution in [1.82, 2.24) is 4.98 Å². The molecule has 0 aliphatic rings. The number of pyridine rings is 1. The summed E-state index contributed by atoms with van der Waals surface area (Å²) in [5.74, 6) is 0.790. The molecular weight excluding hydrogens is 162 g/mol. The molecule has 2 heteroatoms. The van der Waals surface area contributed by atoms with Crippen molar-refractivity contribution in [2.75, 3.05) is 0 Å². The molecule has 13 heavy (non-hydrogen) atoms. The van der Waals surface area contributed by atoms with Gasteiger partial charge in [0.25, 0.3) is 0 Å². The number of ether oxygens (including phenoxy) is 1. The summed E-state index contributed by atoms with van der Waals surface area (Å²) in [6.07, 6.45) is 3.42. The third kappa shape index (κ3) is 3.28. The van der Waals surface area contributed by atoms with Gasteiger partial charge in [0, 0.05) is 0 Å². The van der Waals surface area contributed by atoms with Gasteiger partial charge in [0.15, 0.2) is 0 Å². The minimum absolute atomic E-state index is 0.169. The fraction of sp³-hybridized carbons (Fsp3) is 0.364. The summed E-state index contributed by atoms with van der Waals surface area (Å²) < 4.78 is 5.60. The lowest BCUT2D eigenvalue weighted by molar-refractivity contribution is 0.130. The Labute approximate surface area is 79.3 Å². The van der Waals surface area contributed by atoms with E-state index in [-0.39, 0.29) is 5.60 Å². The first kappa shape index (κ1) is 9.78. The lowest BCUT2D eigenvalue weighted by atomic mass is 10.2. The highest BCUT2D eigenvalue weighted by molar-refractivity contribution is 5.42. The average Bonchev–Trinajstić information content (AvgIpc) is 2.03. The molecule has 0 fully saturated rings. The van der Waals surface area contributed by atoms with Crippen LogP contribution in [-0.4, -0.2) is 10.6 Å². The second kappa shape index (κ2) is 3.60. The fourth-order valence-electron chi connectivity index (χ4n) is 0.926. The second-order valence-corrected chi connectivity index (χ2v) is 3.84. The van der Waals surface area contributed by atoms with E-state index in [9.17, 15) is 0 Å². The van der Waals surface area contributed by atoms with Crippen molar-refractivity contribution in [2.45, 2.75) is 26.4 Å². The zero-order chi connectivity index (χ0) is 9.90. The highest BCUT2D eigenvalue weighted by Gasteiger charge is 2.11. The maximum atomic E-state index is 5.60. The number of nitrogens with zero attached hydrogens (tertiary/aromatic N) is 1. The molecule has 1 aromatic rings. The molecule has 0 saturated carbocycles. The molecule has 0 unspecified atom stereocenters. The highest BCUT2D eigenvalue weighted by atomic mass is 16.5. The van der Waals surface area contributed by atoms with Crippen LogP contribution in [0, 0.1) is 0 Å². The van der Waals surface area contributed by atoms with Crippen LogP contribution in [0.15, 0.2) is 24.9 Å². The van der Waals surface area contributed by atoms with Crippen LogP contribution in [0.4, 0.5) is 0 Å². The molecule has 0 saturated heterocycles. The van der Waals surface area contributed by atoms with Crippen molar-refractivity contribution in [3.63, 3.8) is 0 Å². The van der Waals surface area contributed by atoms with Crippen molar-refractivity contribution < 1.29 is 4.74 Å². The number of aromatic nitrogens is 1. The molecule has 0 aliphatic carbocycles. The van der Waals surface area contributed by atoms with Gasteiger partial charge in [-0.25, -0.2) is 0 Å². The molecule has 1 heterocycles. The SMILES string of the molecule is C=Cc1ccc(OC(C)(C)C)cn1. The van der Waals surface area contributed by atoms with Gasteiger partial charge in [-0.3, -0.25) is 4.98 Å². The zero-order valence-corrected chi connectivity index (χ0v) is 8.37. The lowest BCUT2D eigenvalue weighted by Crippen LogP contribution is -2.22. The predicted molar refractivity (Wildman–Crippen MR) is 54.7 cm³/mol. The minimum Gasteiger partial charge on any atom is -0.487 e. The van der Waals surface area contributed by atoms with Gasteiger partial charge in [-0.2, -0.15) is 0 Å². The first-order valence-corrected chi connectivity index (χ1v) is 4.29. The molecule has 0 bridgehead atoms. The molecule has 70 valence electrons. The number of hydrogen-bond donors (Lipinski definition) is 0. The van der Waals surface area contributed by atoms with Crippen molar-refractivity contribution in [3.8, 4) is 5.75 Å². The summed E-state index contributed by atoms with van der Waals surface area (Å²) in [4.78, 5) is 4.14. The molecule has 1 aromatic heterocycles. The topological polar surface area (TPSA) is 22.1 Å². The molecule has 0 spiro atoms. The normalized spacial score (nSPS) is 11.0. The quantitative estimate of drug-likeness (QED) is 0.693. The highest BCUT2D eigenvalue weighted by Crippen LogP contribution is 2.16. The minimum atomic E-state index is -0.169. The zero-order valence-electron chi connectivity index (χ0n) is 8.37. The molecule has 0 aromatic carbocycles. The Balaban J connectivity index is 2.75. The molecule has 0 atom stereocenters. The van der Waals surface area contributed by atoms with Crippen LogP contribution >= 0.6 is 0 Å². The fourth-order valence-corrected chi connectivity index (χ4v) is 0.926. The van der Waals surface area contributed by atoms with Crippen molar-refractivity contribution in [3.05, 3.63) is 30.6 Å². The van der Waals surface area contributed by atoms with Crippen LogP contribution in [0.5, 0.6) is 5.75 Å². The van der Waals surface area contributed by atoms with E-state index in [0.717, 1.165) is 11.4 Å². The summed E-state index contributed by atoms with van der Waals surface area (Å²) in [7, 11) is 0. The van der Waals surface area contributed by atoms with Crippen LogP contribution in [-0.2, 0) is 0 Å². The molecule has 2 nitrogen and oxygen atoms in total. The van der Waals surface area contributed by atoms with Gasteiger partial charge in [0.2, 0.25) is 0 Å². The predicted octanol–water partition coefficient (Wildman–Crippen LogP) is 2.90. The van der Waals surface area contributed by atoms with Crippen LogP contribution in [0.3, 0.4) is 0 Å². The molecule has 0 N–H and O–H groups in total.